The maximum Gasteiger partial charge on any atom is 0.309 e. The standard InChI is InChI=1S/C25H27NO5/c1-2-29-25(28)20-11-18(20)14-26(13-16-8-9-22-23(10-16)31-15-30-22)24(27)21-12-19(21)17-6-4-3-5-7-17/h3-10,18-21H,2,11-15H2,1H3/t18-,19-,20+,21+/m0/s1. The van der Waals surface area contributed by atoms with Gasteiger partial charge in [0.15, 0.2) is 11.5 Å². The van der Waals surface area contributed by atoms with Gasteiger partial charge in [-0.25, -0.2) is 0 Å². The molecule has 0 radical (unpaired) electrons. The van der Waals surface area contributed by atoms with Crippen molar-refractivity contribution < 1.29 is 23.8 Å². The third-order valence-corrected chi connectivity index (χ3v) is 6.42. The molecule has 2 aromatic carbocycles. The van der Waals surface area contributed by atoms with Crippen LogP contribution in [0.2, 0.25) is 0 Å². The quantitative estimate of drug-likeness (QED) is 0.608. The van der Waals surface area contributed by atoms with Crippen LogP contribution in [-0.4, -0.2) is 36.7 Å². The molecule has 6 heteroatoms. The first-order valence-corrected chi connectivity index (χ1v) is 11.0. The maximum atomic E-state index is 13.4. The molecule has 0 unspecified atom stereocenters. The number of benzene rings is 2. The van der Waals surface area contributed by atoms with Gasteiger partial charge in [-0.2, -0.15) is 0 Å². The maximum absolute atomic E-state index is 13.4. The van der Waals surface area contributed by atoms with Crippen molar-refractivity contribution in [2.75, 3.05) is 19.9 Å². The van der Waals surface area contributed by atoms with Gasteiger partial charge in [0, 0.05) is 19.0 Å². The lowest BCUT2D eigenvalue weighted by Crippen LogP contribution is -2.34. The summed E-state index contributed by atoms with van der Waals surface area (Å²) in [6, 6.07) is 16.0. The molecule has 2 aromatic rings. The van der Waals surface area contributed by atoms with E-state index in [0.29, 0.717) is 25.4 Å². The minimum absolute atomic E-state index is 0.0104. The monoisotopic (exact) mass is 421 g/mol. The Labute approximate surface area is 182 Å². The third-order valence-electron chi connectivity index (χ3n) is 6.42. The Hall–Kier alpha value is -3.02. The Bertz CT molecular complexity index is 975. The summed E-state index contributed by atoms with van der Waals surface area (Å²) < 4.78 is 16.1. The smallest absolute Gasteiger partial charge is 0.309 e. The fourth-order valence-electron chi connectivity index (χ4n) is 4.53. The Kier molecular flexibility index (Phi) is 5.30. The Morgan fingerprint density at radius 2 is 1.84 bits per heavy atom. The van der Waals surface area contributed by atoms with Crippen LogP contribution in [-0.2, 0) is 20.9 Å². The zero-order valence-corrected chi connectivity index (χ0v) is 17.7. The lowest BCUT2D eigenvalue weighted by molar-refractivity contribution is -0.145. The first kappa shape index (κ1) is 19.9. The first-order chi connectivity index (χ1) is 15.1. The molecule has 2 aliphatic carbocycles. The van der Waals surface area contributed by atoms with Crippen molar-refractivity contribution in [3.8, 4) is 11.5 Å². The van der Waals surface area contributed by atoms with Crippen LogP contribution in [0.1, 0.15) is 36.8 Å². The van der Waals surface area contributed by atoms with E-state index in [1.165, 1.54) is 5.56 Å². The minimum atomic E-state index is -0.142. The summed E-state index contributed by atoms with van der Waals surface area (Å²) >= 11 is 0. The highest BCUT2D eigenvalue weighted by Crippen LogP contribution is 2.49. The number of carbonyl (C=O) groups is 2. The van der Waals surface area contributed by atoms with Gasteiger partial charge in [-0.3, -0.25) is 9.59 Å². The molecule has 0 saturated heterocycles. The van der Waals surface area contributed by atoms with Gasteiger partial charge in [-0.15, -0.1) is 0 Å². The van der Waals surface area contributed by atoms with Crippen molar-refractivity contribution in [2.24, 2.45) is 17.8 Å². The molecule has 4 atom stereocenters. The van der Waals surface area contributed by atoms with Crippen LogP contribution in [0.15, 0.2) is 48.5 Å². The first-order valence-electron chi connectivity index (χ1n) is 11.0. The predicted octanol–water partition coefficient (Wildman–Crippen LogP) is 3.75. The summed E-state index contributed by atoms with van der Waals surface area (Å²) in [6.07, 6.45) is 1.67. The van der Waals surface area contributed by atoms with Crippen LogP contribution >= 0.6 is 0 Å². The molecule has 1 amide bonds. The van der Waals surface area contributed by atoms with Gasteiger partial charge < -0.3 is 19.1 Å². The van der Waals surface area contributed by atoms with Crippen LogP contribution in [0, 0.1) is 17.8 Å². The molecular formula is C25H27NO5. The van der Waals surface area contributed by atoms with Crippen LogP contribution in [0.4, 0.5) is 0 Å². The van der Waals surface area contributed by atoms with Crippen LogP contribution < -0.4 is 9.47 Å². The van der Waals surface area contributed by atoms with E-state index in [2.05, 4.69) is 12.1 Å². The highest BCUT2D eigenvalue weighted by molar-refractivity contribution is 5.83. The second kappa shape index (κ2) is 8.25. The lowest BCUT2D eigenvalue weighted by atomic mass is 10.1. The van der Waals surface area contributed by atoms with E-state index in [9.17, 15) is 9.59 Å². The Balaban J connectivity index is 1.30. The Morgan fingerprint density at radius 1 is 1.03 bits per heavy atom. The average Bonchev–Trinajstić information content (AvgIpc) is 3.69. The number of carbonyl (C=O) groups excluding carboxylic acids is 2. The fourth-order valence-corrected chi connectivity index (χ4v) is 4.53. The van der Waals surface area contributed by atoms with Gasteiger partial charge >= 0.3 is 5.97 Å². The number of nitrogens with zero attached hydrogens (tertiary/aromatic N) is 1. The van der Waals surface area contributed by atoms with Crippen LogP contribution in [0.25, 0.3) is 0 Å². The number of ether oxygens (including phenoxy) is 3. The van der Waals surface area contributed by atoms with E-state index < -0.39 is 0 Å². The molecular weight excluding hydrogens is 394 g/mol. The molecule has 1 aliphatic heterocycles. The van der Waals surface area contributed by atoms with Crippen LogP contribution in [0.5, 0.6) is 11.5 Å². The summed E-state index contributed by atoms with van der Waals surface area (Å²) in [6.45, 7) is 3.52. The van der Waals surface area contributed by atoms with E-state index in [-0.39, 0.29) is 42.3 Å². The summed E-state index contributed by atoms with van der Waals surface area (Å²) in [5, 5.41) is 0. The van der Waals surface area contributed by atoms with Gasteiger partial charge in [-0.1, -0.05) is 36.4 Å². The molecule has 3 aliphatic rings. The number of hydrogen-bond acceptors (Lipinski definition) is 5. The topological polar surface area (TPSA) is 65.1 Å². The third kappa shape index (κ3) is 4.24. The van der Waals surface area contributed by atoms with Gasteiger partial charge in [0.2, 0.25) is 12.7 Å². The second-order valence-electron chi connectivity index (χ2n) is 8.62. The summed E-state index contributed by atoms with van der Waals surface area (Å²) in [5.74, 6) is 1.86. The molecule has 1 heterocycles. The molecule has 0 aromatic heterocycles. The van der Waals surface area contributed by atoms with Crippen molar-refractivity contribution in [1.29, 1.82) is 0 Å². The molecule has 162 valence electrons. The minimum Gasteiger partial charge on any atom is -0.466 e. The molecule has 2 saturated carbocycles. The van der Waals surface area contributed by atoms with Crippen molar-refractivity contribution in [1.82, 2.24) is 4.90 Å². The summed E-state index contributed by atoms with van der Waals surface area (Å²) in [4.78, 5) is 27.5. The average molecular weight is 421 g/mol. The van der Waals surface area contributed by atoms with E-state index >= 15 is 0 Å². The second-order valence-corrected chi connectivity index (χ2v) is 8.62. The summed E-state index contributed by atoms with van der Waals surface area (Å²) in [7, 11) is 0. The van der Waals surface area contributed by atoms with Gasteiger partial charge in [0.1, 0.15) is 0 Å². The normalized spacial score (nSPS) is 25.1. The highest BCUT2D eigenvalue weighted by Gasteiger charge is 2.49. The highest BCUT2D eigenvalue weighted by atomic mass is 16.7. The molecule has 6 nitrogen and oxygen atoms in total. The molecule has 0 spiro atoms. The molecule has 5 rings (SSSR count). The molecule has 0 N–H and O–H groups in total. The van der Waals surface area contributed by atoms with E-state index in [1.54, 1.807) is 0 Å². The van der Waals surface area contributed by atoms with Gasteiger partial charge in [0.05, 0.1) is 12.5 Å². The molecule has 0 bridgehead atoms. The summed E-state index contributed by atoms with van der Waals surface area (Å²) in [5.41, 5.74) is 2.22. The number of hydrogen-bond donors (Lipinski definition) is 0. The number of esters is 1. The zero-order valence-electron chi connectivity index (χ0n) is 17.7. The Morgan fingerprint density at radius 3 is 2.65 bits per heavy atom. The van der Waals surface area contributed by atoms with Crippen LogP contribution in [0.3, 0.4) is 0 Å². The molecule has 2 fully saturated rings. The largest absolute Gasteiger partial charge is 0.466 e. The van der Waals surface area contributed by atoms with Gasteiger partial charge in [0.25, 0.3) is 0 Å². The van der Waals surface area contributed by atoms with Gasteiger partial charge in [-0.05, 0) is 54.9 Å². The van der Waals surface area contributed by atoms with E-state index in [0.717, 1.165) is 24.2 Å². The van der Waals surface area contributed by atoms with Crippen molar-refractivity contribution >= 4 is 11.9 Å². The SMILES string of the molecule is CCOC(=O)[C@@H]1C[C@H]1CN(Cc1ccc2c(c1)OCO2)C(=O)[C@@H]1C[C@H]1c1ccccc1. The molecule has 31 heavy (non-hydrogen) atoms. The number of rotatable bonds is 8. The van der Waals surface area contributed by atoms with E-state index in [1.807, 2.05) is 48.2 Å². The lowest BCUT2D eigenvalue weighted by Gasteiger charge is -2.23. The van der Waals surface area contributed by atoms with E-state index in [4.69, 9.17) is 14.2 Å². The number of fused-ring (bicyclic) bond motifs is 1. The fraction of sp³-hybridized carbons (Fsp3) is 0.440. The van der Waals surface area contributed by atoms with Crippen molar-refractivity contribution in [3.05, 3.63) is 59.7 Å². The predicted molar refractivity (Wildman–Crippen MR) is 114 cm³/mol. The van der Waals surface area contributed by atoms with Crippen molar-refractivity contribution in [3.63, 3.8) is 0 Å². The van der Waals surface area contributed by atoms with Crippen molar-refractivity contribution in [2.45, 2.75) is 32.2 Å². The number of amides is 1. The zero-order chi connectivity index (χ0) is 21.4.